The molecule has 2 rings (SSSR count). The van der Waals surface area contributed by atoms with Crippen LogP contribution in [0.4, 0.5) is 0 Å². The summed E-state index contributed by atoms with van der Waals surface area (Å²) >= 11 is 0. The first kappa shape index (κ1) is 14.0. The van der Waals surface area contributed by atoms with Crippen LogP contribution in [0.1, 0.15) is 17.3 Å². The Bertz CT molecular complexity index is 401. The normalized spacial score (nSPS) is 18.3. The number of rotatable bonds is 4. The van der Waals surface area contributed by atoms with Gasteiger partial charge >= 0.3 is 0 Å². The maximum atomic E-state index is 12.2. The zero-order valence-electron chi connectivity index (χ0n) is 11.5. The molecule has 104 valence electrons. The fraction of sp³-hybridized carbons (Fsp3) is 0.571. The summed E-state index contributed by atoms with van der Waals surface area (Å²) in [5.41, 5.74) is 6.32. The Kier molecular flexibility index (Phi) is 4.87. The lowest BCUT2D eigenvalue weighted by Crippen LogP contribution is -2.50. The van der Waals surface area contributed by atoms with Crippen molar-refractivity contribution in [3.8, 4) is 0 Å². The molecule has 1 aromatic rings. The third kappa shape index (κ3) is 3.75. The fourth-order valence-electron chi connectivity index (χ4n) is 2.32. The average Bonchev–Trinajstić information content (AvgIpc) is 2.48. The predicted molar refractivity (Wildman–Crippen MR) is 74.8 cm³/mol. The van der Waals surface area contributed by atoms with E-state index in [1.165, 1.54) is 0 Å². The van der Waals surface area contributed by atoms with Crippen molar-refractivity contribution < 1.29 is 4.79 Å². The van der Waals surface area contributed by atoms with Crippen molar-refractivity contribution in [2.24, 2.45) is 11.7 Å². The van der Waals surface area contributed by atoms with Crippen molar-refractivity contribution in [3.05, 3.63) is 30.1 Å². The maximum absolute atomic E-state index is 12.2. The van der Waals surface area contributed by atoms with Gasteiger partial charge in [0.25, 0.3) is 5.91 Å². The molecule has 1 saturated heterocycles. The van der Waals surface area contributed by atoms with Gasteiger partial charge in [0.15, 0.2) is 0 Å². The molecule has 1 aliphatic heterocycles. The zero-order valence-corrected chi connectivity index (χ0v) is 11.5. The van der Waals surface area contributed by atoms with Crippen molar-refractivity contribution in [2.75, 3.05) is 39.3 Å². The van der Waals surface area contributed by atoms with Crippen molar-refractivity contribution in [1.82, 2.24) is 14.8 Å². The first-order valence-corrected chi connectivity index (χ1v) is 6.82. The highest BCUT2D eigenvalue weighted by atomic mass is 16.2. The summed E-state index contributed by atoms with van der Waals surface area (Å²) in [6, 6.07) is 3.62. The Balaban J connectivity index is 1.85. The van der Waals surface area contributed by atoms with Crippen LogP contribution in [0.25, 0.3) is 0 Å². The van der Waals surface area contributed by atoms with Crippen LogP contribution in [-0.2, 0) is 0 Å². The van der Waals surface area contributed by atoms with E-state index in [0.717, 1.165) is 39.3 Å². The number of amides is 1. The lowest BCUT2D eigenvalue weighted by molar-refractivity contribution is 0.0621. The minimum Gasteiger partial charge on any atom is -0.336 e. The van der Waals surface area contributed by atoms with Crippen LogP contribution in [0, 0.1) is 5.92 Å². The summed E-state index contributed by atoms with van der Waals surface area (Å²) in [5.74, 6) is 0.597. The van der Waals surface area contributed by atoms with Crippen LogP contribution in [0.3, 0.4) is 0 Å². The quantitative estimate of drug-likeness (QED) is 0.855. The number of nitrogens with two attached hydrogens (primary N) is 1. The van der Waals surface area contributed by atoms with Crippen LogP contribution in [0.5, 0.6) is 0 Å². The number of hydrogen-bond acceptors (Lipinski definition) is 4. The predicted octanol–water partition coefficient (Wildman–Crippen LogP) is 0.434. The summed E-state index contributed by atoms with van der Waals surface area (Å²) in [5, 5.41) is 0. The molecular weight excluding hydrogens is 240 g/mol. The average molecular weight is 262 g/mol. The summed E-state index contributed by atoms with van der Waals surface area (Å²) in [6.07, 6.45) is 3.31. The molecule has 5 nitrogen and oxygen atoms in total. The van der Waals surface area contributed by atoms with Gasteiger partial charge in [-0.2, -0.15) is 0 Å². The molecular formula is C14H22N4O. The first-order valence-electron chi connectivity index (χ1n) is 6.82. The van der Waals surface area contributed by atoms with Gasteiger partial charge in [0.05, 0.1) is 5.56 Å². The second kappa shape index (κ2) is 6.63. The lowest BCUT2D eigenvalue weighted by atomic mass is 10.1. The molecule has 0 aliphatic carbocycles. The smallest absolute Gasteiger partial charge is 0.255 e. The Hall–Kier alpha value is -1.46. The van der Waals surface area contributed by atoms with Gasteiger partial charge in [-0.15, -0.1) is 0 Å². The molecule has 2 heterocycles. The highest BCUT2D eigenvalue weighted by Gasteiger charge is 2.22. The second-order valence-corrected chi connectivity index (χ2v) is 5.18. The molecule has 0 spiro atoms. The van der Waals surface area contributed by atoms with Gasteiger partial charge < -0.3 is 10.6 Å². The topological polar surface area (TPSA) is 62.5 Å². The fourth-order valence-corrected chi connectivity index (χ4v) is 2.32. The van der Waals surface area contributed by atoms with Crippen LogP contribution in [-0.4, -0.2) is 60.0 Å². The highest BCUT2D eigenvalue weighted by molar-refractivity contribution is 5.93. The molecule has 1 amide bonds. The van der Waals surface area contributed by atoms with Gasteiger partial charge in [0.1, 0.15) is 0 Å². The number of carbonyl (C=O) groups is 1. The largest absolute Gasteiger partial charge is 0.336 e. The Labute approximate surface area is 114 Å². The van der Waals surface area contributed by atoms with E-state index in [4.69, 9.17) is 5.73 Å². The molecule has 1 aromatic heterocycles. The van der Waals surface area contributed by atoms with Gasteiger partial charge in [-0.3, -0.25) is 14.7 Å². The number of nitrogens with zero attached hydrogens (tertiary/aromatic N) is 3. The van der Waals surface area contributed by atoms with Crippen molar-refractivity contribution >= 4 is 5.91 Å². The minimum absolute atomic E-state index is 0.0830. The van der Waals surface area contributed by atoms with Crippen molar-refractivity contribution in [2.45, 2.75) is 6.92 Å². The second-order valence-electron chi connectivity index (χ2n) is 5.18. The van der Waals surface area contributed by atoms with Crippen molar-refractivity contribution in [1.29, 1.82) is 0 Å². The van der Waals surface area contributed by atoms with Crippen LogP contribution < -0.4 is 5.73 Å². The van der Waals surface area contributed by atoms with Crippen molar-refractivity contribution in [3.63, 3.8) is 0 Å². The van der Waals surface area contributed by atoms with Gasteiger partial charge in [0, 0.05) is 45.1 Å². The molecule has 0 saturated carbocycles. The third-order valence-corrected chi connectivity index (χ3v) is 3.54. The zero-order chi connectivity index (χ0) is 13.7. The van der Waals surface area contributed by atoms with E-state index in [0.29, 0.717) is 11.5 Å². The molecule has 0 aromatic carbocycles. The van der Waals surface area contributed by atoms with Gasteiger partial charge in [-0.25, -0.2) is 0 Å². The molecule has 5 heteroatoms. The molecule has 1 unspecified atom stereocenters. The number of carbonyl (C=O) groups excluding carboxylic acids is 1. The minimum atomic E-state index is 0.0830. The molecule has 1 aliphatic rings. The summed E-state index contributed by atoms with van der Waals surface area (Å²) < 4.78 is 0. The number of piperazine rings is 1. The Morgan fingerprint density at radius 1 is 1.42 bits per heavy atom. The van der Waals surface area contributed by atoms with Gasteiger partial charge in [-0.05, 0) is 24.6 Å². The van der Waals surface area contributed by atoms with E-state index in [1.54, 1.807) is 18.5 Å². The number of aromatic nitrogens is 1. The van der Waals surface area contributed by atoms with Crippen LogP contribution >= 0.6 is 0 Å². The monoisotopic (exact) mass is 262 g/mol. The number of hydrogen-bond donors (Lipinski definition) is 1. The third-order valence-electron chi connectivity index (χ3n) is 3.54. The van der Waals surface area contributed by atoms with Gasteiger partial charge in [0.2, 0.25) is 0 Å². The SMILES string of the molecule is CC(CN)CN1CCN(C(=O)c2cccnc2)CC1. The van der Waals surface area contributed by atoms with E-state index in [2.05, 4.69) is 16.8 Å². The Morgan fingerprint density at radius 2 is 2.16 bits per heavy atom. The van der Waals surface area contributed by atoms with E-state index in [1.807, 2.05) is 11.0 Å². The highest BCUT2D eigenvalue weighted by Crippen LogP contribution is 2.09. The standard InChI is InChI=1S/C14H22N4O/c1-12(9-15)11-17-5-7-18(8-6-17)14(19)13-3-2-4-16-10-13/h2-4,10,12H,5-9,11,15H2,1H3. The molecule has 1 fully saturated rings. The first-order chi connectivity index (χ1) is 9.20. The molecule has 2 N–H and O–H groups in total. The van der Waals surface area contributed by atoms with E-state index in [-0.39, 0.29) is 5.91 Å². The summed E-state index contributed by atoms with van der Waals surface area (Å²) in [7, 11) is 0. The number of pyridine rings is 1. The molecule has 1 atom stereocenters. The van der Waals surface area contributed by atoms with E-state index in [9.17, 15) is 4.79 Å². The molecule has 0 bridgehead atoms. The lowest BCUT2D eigenvalue weighted by Gasteiger charge is -2.35. The molecule has 0 radical (unpaired) electrons. The maximum Gasteiger partial charge on any atom is 0.255 e. The summed E-state index contributed by atoms with van der Waals surface area (Å²) in [4.78, 5) is 20.5. The van der Waals surface area contributed by atoms with E-state index >= 15 is 0 Å². The Morgan fingerprint density at radius 3 is 2.74 bits per heavy atom. The molecule has 19 heavy (non-hydrogen) atoms. The van der Waals surface area contributed by atoms with E-state index < -0.39 is 0 Å². The van der Waals surface area contributed by atoms with Crippen LogP contribution in [0.15, 0.2) is 24.5 Å². The van der Waals surface area contributed by atoms with Gasteiger partial charge in [-0.1, -0.05) is 6.92 Å². The summed E-state index contributed by atoms with van der Waals surface area (Å²) in [6.45, 7) is 7.32. The van der Waals surface area contributed by atoms with Crippen LogP contribution in [0.2, 0.25) is 0 Å².